The van der Waals surface area contributed by atoms with E-state index in [1.165, 1.54) is 18.2 Å². The molecule has 0 saturated carbocycles. The maximum Gasteiger partial charge on any atom is 0.269 e. The Balaban J connectivity index is 1.62. The Hall–Kier alpha value is -4.64. The largest absolute Gasteiger partial charge is 0.494 e. The van der Waals surface area contributed by atoms with Gasteiger partial charge in [0.05, 0.1) is 11.5 Å². The van der Waals surface area contributed by atoms with E-state index in [1.807, 2.05) is 13.0 Å². The Kier molecular flexibility index (Phi) is 7.76. The SMILES string of the molecule is CCOc1ccc(NC(=O)/C(C#N)=C\c2ccc(OCc3cccc([N+](=O)[O-])c3)cc2)cc1. The van der Waals surface area contributed by atoms with Crippen LogP contribution in [0.2, 0.25) is 0 Å². The number of amides is 1. The summed E-state index contributed by atoms with van der Waals surface area (Å²) in [7, 11) is 0. The third-order valence-electron chi connectivity index (χ3n) is 4.51. The molecule has 0 aliphatic carbocycles. The Morgan fingerprint density at radius 3 is 2.36 bits per heavy atom. The highest BCUT2D eigenvalue weighted by atomic mass is 16.6. The molecule has 0 heterocycles. The summed E-state index contributed by atoms with van der Waals surface area (Å²) in [6, 6.07) is 21.8. The van der Waals surface area contributed by atoms with Crippen LogP contribution in [0.3, 0.4) is 0 Å². The van der Waals surface area contributed by atoms with E-state index in [2.05, 4.69) is 5.32 Å². The first-order valence-electron chi connectivity index (χ1n) is 10.1. The lowest BCUT2D eigenvalue weighted by molar-refractivity contribution is -0.384. The lowest BCUT2D eigenvalue weighted by Crippen LogP contribution is -2.13. The van der Waals surface area contributed by atoms with Gasteiger partial charge in [0.1, 0.15) is 29.7 Å². The zero-order valence-corrected chi connectivity index (χ0v) is 17.9. The van der Waals surface area contributed by atoms with Crippen LogP contribution in [0.5, 0.6) is 11.5 Å². The number of hydrogen-bond donors (Lipinski definition) is 1. The summed E-state index contributed by atoms with van der Waals surface area (Å²) in [5.74, 6) is 0.725. The number of nitro groups is 1. The van der Waals surface area contributed by atoms with E-state index in [9.17, 15) is 20.2 Å². The van der Waals surface area contributed by atoms with Crippen molar-refractivity contribution in [2.75, 3.05) is 11.9 Å². The minimum Gasteiger partial charge on any atom is -0.494 e. The van der Waals surface area contributed by atoms with Crippen LogP contribution in [0.15, 0.2) is 78.4 Å². The number of nitrogens with zero attached hydrogens (tertiary/aromatic N) is 2. The van der Waals surface area contributed by atoms with Crippen molar-refractivity contribution < 1.29 is 19.2 Å². The molecule has 3 rings (SSSR count). The molecule has 0 aliphatic rings. The predicted octanol–water partition coefficient (Wildman–Crippen LogP) is 5.12. The normalized spacial score (nSPS) is 10.7. The summed E-state index contributed by atoms with van der Waals surface area (Å²) < 4.78 is 11.0. The van der Waals surface area contributed by atoms with E-state index in [4.69, 9.17) is 9.47 Å². The molecule has 0 spiro atoms. The molecule has 8 heteroatoms. The molecule has 0 atom stereocenters. The summed E-state index contributed by atoms with van der Waals surface area (Å²) in [6.07, 6.45) is 1.48. The lowest BCUT2D eigenvalue weighted by atomic mass is 10.1. The van der Waals surface area contributed by atoms with Gasteiger partial charge in [-0.3, -0.25) is 14.9 Å². The third-order valence-corrected chi connectivity index (χ3v) is 4.51. The fourth-order valence-electron chi connectivity index (χ4n) is 2.90. The van der Waals surface area contributed by atoms with Gasteiger partial charge in [-0.05, 0) is 60.5 Å². The topological polar surface area (TPSA) is 114 Å². The molecule has 0 aromatic heterocycles. The smallest absolute Gasteiger partial charge is 0.269 e. The standard InChI is InChI=1S/C25H21N3O5/c1-2-32-23-12-8-21(9-13-23)27-25(29)20(16-26)14-18-6-10-24(11-7-18)33-17-19-4-3-5-22(15-19)28(30)31/h3-15H,2,17H2,1H3,(H,27,29)/b20-14-. The van der Waals surface area contributed by atoms with Crippen LogP contribution in [-0.4, -0.2) is 17.4 Å². The summed E-state index contributed by atoms with van der Waals surface area (Å²) in [5.41, 5.74) is 1.83. The summed E-state index contributed by atoms with van der Waals surface area (Å²) in [5, 5.41) is 23.0. The van der Waals surface area contributed by atoms with Crippen molar-refractivity contribution in [3.63, 3.8) is 0 Å². The fraction of sp³-hybridized carbons (Fsp3) is 0.120. The van der Waals surface area contributed by atoms with Crippen LogP contribution >= 0.6 is 0 Å². The van der Waals surface area contributed by atoms with Crippen LogP contribution < -0.4 is 14.8 Å². The monoisotopic (exact) mass is 443 g/mol. The second-order valence-corrected chi connectivity index (χ2v) is 6.87. The summed E-state index contributed by atoms with van der Waals surface area (Å²) in [6.45, 7) is 2.60. The number of nitrogens with one attached hydrogen (secondary N) is 1. The number of non-ortho nitro benzene ring substituents is 1. The van der Waals surface area contributed by atoms with Crippen molar-refractivity contribution in [2.24, 2.45) is 0 Å². The molecule has 0 aliphatic heterocycles. The Bertz CT molecular complexity index is 1200. The molecule has 166 valence electrons. The lowest BCUT2D eigenvalue weighted by Gasteiger charge is -2.08. The van der Waals surface area contributed by atoms with E-state index < -0.39 is 10.8 Å². The number of benzene rings is 3. The minimum atomic E-state index is -0.521. The highest BCUT2D eigenvalue weighted by molar-refractivity contribution is 6.09. The first-order chi connectivity index (χ1) is 16.0. The number of anilines is 1. The molecule has 3 aromatic carbocycles. The van der Waals surface area contributed by atoms with E-state index in [-0.39, 0.29) is 17.9 Å². The molecule has 1 N–H and O–H groups in total. The van der Waals surface area contributed by atoms with E-state index in [1.54, 1.807) is 60.7 Å². The van der Waals surface area contributed by atoms with Crippen LogP contribution in [0, 0.1) is 21.4 Å². The van der Waals surface area contributed by atoms with Crippen LogP contribution in [0.25, 0.3) is 6.08 Å². The average molecular weight is 443 g/mol. The number of nitro benzene ring substituents is 1. The zero-order valence-electron chi connectivity index (χ0n) is 17.9. The first kappa shape index (κ1) is 23.0. The van der Waals surface area contributed by atoms with Gasteiger partial charge in [0.25, 0.3) is 11.6 Å². The Morgan fingerprint density at radius 2 is 1.73 bits per heavy atom. The molecule has 0 radical (unpaired) electrons. The van der Waals surface area contributed by atoms with Gasteiger partial charge in [-0.2, -0.15) is 5.26 Å². The quantitative estimate of drug-likeness (QED) is 0.212. The molecular formula is C25H21N3O5. The van der Waals surface area contributed by atoms with Gasteiger partial charge in [-0.25, -0.2) is 0 Å². The number of nitriles is 1. The van der Waals surface area contributed by atoms with Gasteiger partial charge in [0.15, 0.2) is 0 Å². The highest BCUT2D eigenvalue weighted by Gasteiger charge is 2.10. The van der Waals surface area contributed by atoms with Crippen molar-refractivity contribution >= 4 is 23.4 Å². The third kappa shape index (κ3) is 6.67. The number of hydrogen-bond acceptors (Lipinski definition) is 6. The number of rotatable bonds is 9. The molecule has 3 aromatic rings. The van der Waals surface area contributed by atoms with E-state index in [0.717, 1.165) is 0 Å². The van der Waals surface area contributed by atoms with Crippen molar-refractivity contribution in [1.82, 2.24) is 0 Å². The summed E-state index contributed by atoms with van der Waals surface area (Å²) >= 11 is 0. The van der Waals surface area contributed by atoms with Gasteiger partial charge in [0.2, 0.25) is 0 Å². The Morgan fingerprint density at radius 1 is 1.06 bits per heavy atom. The van der Waals surface area contributed by atoms with Gasteiger partial charge in [-0.1, -0.05) is 24.3 Å². The molecule has 1 amide bonds. The number of carbonyl (C=O) groups is 1. The van der Waals surface area contributed by atoms with Gasteiger partial charge >= 0.3 is 0 Å². The second-order valence-electron chi connectivity index (χ2n) is 6.87. The van der Waals surface area contributed by atoms with Gasteiger partial charge in [0, 0.05) is 17.8 Å². The molecule has 8 nitrogen and oxygen atoms in total. The minimum absolute atomic E-state index is 0.00382. The number of ether oxygens (including phenoxy) is 2. The maximum atomic E-state index is 12.5. The van der Waals surface area contributed by atoms with Crippen LogP contribution in [0.4, 0.5) is 11.4 Å². The van der Waals surface area contributed by atoms with Crippen molar-refractivity contribution in [2.45, 2.75) is 13.5 Å². The van der Waals surface area contributed by atoms with Crippen molar-refractivity contribution in [1.29, 1.82) is 5.26 Å². The predicted molar refractivity (Wildman–Crippen MR) is 124 cm³/mol. The summed E-state index contributed by atoms with van der Waals surface area (Å²) in [4.78, 5) is 22.9. The van der Waals surface area contributed by atoms with E-state index >= 15 is 0 Å². The van der Waals surface area contributed by atoms with Crippen molar-refractivity contribution in [3.8, 4) is 17.6 Å². The fourth-order valence-corrected chi connectivity index (χ4v) is 2.90. The van der Waals surface area contributed by atoms with E-state index in [0.29, 0.717) is 34.9 Å². The van der Waals surface area contributed by atoms with Gasteiger partial charge in [-0.15, -0.1) is 0 Å². The average Bonchev–Trinajstić information content (AvgIpc) is 2.83. The second kappa shape index (κ2) is 11.1. The molecule has 33 heavy (non-hydrogen) atoms. The highest BCUT2D eigenvalue weighted by Crippen LogP contribution is 2.20. The molecule has 0 saturated heterocycles. The first-order valence-corrected chi connectivity index (χ1v) is 10.1. The molecule has 0 bridgehead atoms. The van der Waals surface area contributed by atoms with Crippen LogP contribution in [-0.2, 0) is 11.4 Å². The van der Waals surface area contributed by atoms with Crippen molar-refractivity contribution in [3.05, 3.63) is 99.6 Å². The van der Waals surface area contributed by atoms with Crippen LogP contribution in [0.1, 0.15) is 18.1 Å². The van der Waals surface area contributed by atoms with Gasteiger partial charge < -0.3 is 14.8 Å². The Labute approximate surface area is 190 Å². The maximum absolute atomic E-state index is 12.5. The molecular weight excluding hydrogens is 422 g/mol. The zero-order chi connectivity index (χ0) is 23.6. The molecule has 0 unspecified atom stereocenters. The number of carbonyl (C=O) groups excluding carboxylic acids is 1. The molecule has 0 fully saturated rings.